The van der Waals surface area contributed by atoms with E-state index in [4.69, 9.17) is 31.3 Å². The van der Waals surface area contributed by atoms with E-state index in [1.807, 2.05) is 17.0 Å². The molecule has 0 atom stereocenters. The molecule has 0 amide bonds. The van der Waals surface area contributed by atoms with E-state index in [-0.39, 0.29) is 20.0 Å². The number of halogens is 1. The zero-order chi connectivity index (χ0) is 13.0. The van der Waals surface area contributed by atoms with Gasteiger partial charge in [-0.2, -0.15) is 0 Å². The maximum absolute atomic E-state index is 8.96. The third-order valence-corrected chi connectivity index (χ3v) is 3.01. The minimum atomic E-state index is 0.0539. The first kappa shape index (κ1) is 13.4. The molecule has 5 nitrogen and oxygen atoms in total. The quantitative estimate of drug-likeness (QED) is 0.805. The Morgan fingerprint density at radius 2 is 1.89 bits per heavy atom. The van der Waals surface area contributed by atoms with E-state index in [9.17, 15) is 0 Å². The second-order valence-electron chi connectivity index (χ2n) is 4.03. The minimum Gasteiger partial charge on any atom is -0.454 e. The van der Waals surface area contributed by atoms with Gasteiger partial charge >= 0.3 is 0 Å². The number of rotatable bonds is 6. The van der Waals surface area contributed by atoms with Crippen molar-refractivity contribution in [1.29, 1.82) is 0 Å². The highest BCUT2D eigenvalue weighted by atomic mass is 35.5. The topological polar surface area (TPSA) is 62.2 Å². The number of aliphatic hydroxyl groups excluding tert-OH is 2. The molecule has 0 saturated carbocycles. The van der Waals surface area contributed by atoms with Crippen molar-refractivity contribution in [3.05, 3.63) is 22.7 Å². The lowest BCUT2D eigenvalue weighted by Gasteiger charge is -2.20. The monoisotopic (exact) mass is 273 g/mol. The maximum atomic E-state index is 8.96. The molecule has 6 heteroatoms. The van der Waals surface area contributed by atoms with Gasteiger partial charge in [-0.15, -0.1) is 0 Å². The molecular weight excluding hydrogens is 258 g/mol. The molecule has 0 unspecified atom stereocenters. The van der Waals surface area contributed by atoms with Gasteiger partial charge in [-0.3, -0.25) is 4.90 Å². The van der Waals surface area contributed by atoms with Crippen LogP contribution in [0.2, 0.25) is 5.02 Å². The molecule has 18 heavy (non-hydrogen) atoms. The predicted molar refractivity (Wildman–Crippen MR) is 67.0 cm³/mol. The summed E-state index contributed by atoms with van der Waals surface area (Å²) in [5.41, 5.74) is 0.964. The molecule has 0 radical (unpaired) electrons. The molecular formula is C12H16ClNO4. The molecule has 2 N–H and O–H groups in total. The third-order valence-electron chi connectivity index (χ3n) is 2.73. The number of ether oxygens (including phenoxy) is 2. The van der Waals surface area contributed by atoms with E-state index in [2.05, 4.69) is 0 Å². The van der Waals surface area contributed by atoms with Gasteiger partial charge in [0.1, 0.15) is 0 Å². The Balaban J connectivity index is 2.11. The van der Waals surface area contributed by atoms with Crippen LogP contribution in [0.25, 0.3) is 0 Å². The first-order valence-electron chi connectivity index (χ1n) is 5.76. The van der Waals surface area contributed by atoms with Crippen molar-refractivity contribution in [3.63, 3.8) is 0 Å². The van der Waals surface area contributed by atoms with Crippen molar-refractivity contribution >= 4 is 11.6 Å². The second kappa shape index (κ2) is 6.24. The summed E-state index contributed by atoms with van der Waals surface area (Å²) in [4.78, 5) is 1.94. The zero-order valence-electron chi connectivity index (χ0n) is 9.93. The number of hydrogen-bond donors (Lipinski definition) is 2. The first-order chi connectivity index (χ1) is 8.74. The maximum Gasteiger partial charge on any atom is 0.231 e. The van der Waals surface area contributed by atoms with Crippen LogP contribution in [0.3, 0.4) is 0 Å². The van der Waals surface area contributed by atoms with E-state index < -0.39 is 0 Å². The summed E-state index contributed by atoms with van der Waals surface area (Å²) in [7, 11) is 0. The predicted octanol–water partition coefficient (Wildman–Crippen LogP) is 0.855. The lowest BCUT2D eigenvalue weighted by atomic mass is 10.2. The second-order valence-corrected chi connectivity index (χ2v) is 4.44. The van der Waals surface area contributed by atoms with Crippen molar-refractivity contribution in [3.8, 4) is 11.5 Å². The number of aliphatic hydroxyl groups is 2. The van der Waals surface area contributed by atoms with Gasteiger partial charge in [-0.25, -0.2) is 0 Å². The average Bonchev–Trinajstić information content (AvgIpc) is 2.78. The van der Waals surface area contributed by atoms with Crippen molar-refractivity contribution < 1.29 is 19.7 Å². The van der Waals surface area contributed by atoms with Gasteiger partial charge in [-0.05, 0) is 17.7 Å². The summed E-state index contributed by atoms with van der Waals surface area (Å²) in [6.45, 7) is 1.91. The van der Waals surface area contributed by atoms with Crippen LogP contribution in [-0.4, -0.2) is 48.2 Å². The summed E-state index contributed by atoms with van der Waals surface area (Å²) >= 11 is 6.09. The number of hydrogen-bond acceptors (Lipinski definition) is 5. The van der Waals surface area contributed by atoms with E-state index >= 15 is 0 Å². The highest BCUT2D eigenvalue weighted by molar-refractivity contribution is 6.32. The molecule has 2 rings (SSSR count). The molecule has 0 fully saturated rings. The van der Waals surface area contributed by atoms with Crippen LogP contribution in [0.1, 0.15) is 5.56 Å². The van der Waals surface area contributed by atoms with Gasteiger partial charge in [-0.1, -0.05) is 11.6 Å². The molecule has 1 heterocycles. The molecule has 1 aromatic rings. The average molecular weight is 274 g/mol. The summed E-state index contributed by atoms with van der Waals surface area (Å²) < 4.78 is 10.5. The fourth-order valence-corrected chi connectivity index (χ4v) is 2.21. The van der Waals surface area contributed by atoms with Crippen LogP contribution in [0.4, 0.5) is 0 Å². The Hall–Kier alpha value is -1.01. The minimum absolute atomic E-state index is 0.0539. The van der Waals surface area contributed by atoms with Gasteiger partial charge in [0.25, 0.3) is 0 Å². The van der Waals surface area contributed by atoms with Gasteiger partial charge in [0.15, 0.2) is 11.5 Å². The standard InChI is InChI=1S/C12H16ClNO4/c13-10-5-9(6-11-12(10)18-8-17-11)7-14(1-3-15)2-4-16/h5-6,15-16H,1-4,7-8H2. The smallest absolute Gasteiger partial charge is 0.231 e. The third kappa shape index (κ3) is 3.05. The van der Waals surface area contributed by atoms with Gasteiger partial charge in [0, 0.05) is 19.6 Å². The molecule has 0 aliphatic carbocycles. The molecule has 100 valence electrons. The summed E-state index contributed by atoms with van der Waals surface area (Å²) in [5, 5.41) is 18.4. The summed E-state index contributed by atoms with van der Waals surface area (Å²) in [6.07, 6.45) is 0. The fraction of sp³-hybridized carbons (Fsp3) is 0.500. The number of nitrogens with zero attached hydrogens (tertiary/aromatic N) is 1. The van der Waals surface area contributed by atoms with Crippen LogP contribution in [-0.2, 0) is 6.54 Å². The Kier molecular flexibility index (Phi) is 4.66. The van der Waals surface area contributed by atoms with Crippen LogP contribution in [0, 0.1) is 0 Å². The number of benzene rings is 1. The van der Waals surface area contributed by atoms with E-state index in [0.717, 1.165) is 5.56 Å². The van der Waals surface area contributed by atoms with Crippen LogP contribution in [0.5, 0.6) is 11.5 Å². The molecule has 1 aliphatic rings. The van der Waals surface area contributed by atoms with Crippen LogP contribution < -0.4 is 9.47 Å². The van der Waals surface area contributed by atoms with Gasteiger partial charge in [0.2, 0.25) is 6.79 Å². The lowest BCUT2D eigenvalue weighted by molar-refractivity contribution is 0.155. The molecule has 1 aliphatic heterocycles. The Bertz CT molecular complexity index is 407. The normalized spacial score (nSPS) is 13.3. The van der Waals surface area contributed by atoms with E-state index in [1.165, 1.54) is 0 Å². The number of fused-ring (bicyclic) bond motifs is 1. The van der Waals surface area contributed by atoms with Gasteiger partial charge < -0.3 is 19.7 Å². The van der Waals surface area contributed by atoms with Crippen molar-refractivity contribution in [2.24, 2.45) is 0 Å². The largest absolute Gasteiger partial charge is 0.454 e. The van der Waals surface area contributed by atoms with Crippen molar-refractivity contribution in [2.75, 3.05) is 33.1 Å². The van der Waals surface area contributed by atoms with E-state index in [1.54, 1.807) is 0 Å². The van der Waals surface area contributed by atoms with Crippen LogP contribution >= 0.6 is 11.6 Å². The fourth-order valence-electron chi connectivity index (χ4n) is 1.92. The van der Waals surface area contributed by atoms with Crippen molar-refractivity contribution in [1.82, 2.24) is 4.90 Å². The molecule has 0 saturated heterocycles. The summed E-state index contributed by atoms with van der Waals surface area (Å²) in [5.74, 6) is 1.22. The van der Waals surface area contributed by atoms with Crippen LogP contribution in [0.15, 0.2) is 12.1 Å². The summed E-state index contributed by atoms with van der Waals surface area (Å²) in [6, 6.07) is 3.69. The highest BCUT2D eigenvalue weighted by Crippen LogP contribution is 2.39. The Labute approximate surface area is 110 Å². The molecule has 0 bridgehead atoms. The first-order valence-corrected chi connectivity index (χ1v) is 6.14. The van der Waals surface area contributed by atoms with E-state index in [0.29, 0.717) is 36.2 Å². The Morgan fingerprint density at radius 3 is 2.56 bits per heavy atom. The zero-order valence-corrected chi connectivity index (χ0v) is 10.7. The molecule has 0 aromatic heterocycles. The Morgan fingerprint density at radius 1 is 1.17 bits per heavy atom. The van der Waals surface area contributed by atoms with Crippen molar-refractivity contribution in [2.45, 2.75) is 6.54 Å². The van der Waals surface area contributed by atoms with Gasteiger partial charge in [0.05, 0.1) is 18.2 Å². The highest BCUT2D eigenvalue weighted by Gasteiger charge is 2.19. The lowest BCUT2D eigenvalue weighted by Crippen LogP contribution is -2.29. The molecule has 0 spiro atoms. The molecule has 1 aromatic carbocycles. The SMILES string of the molecule is OCCN(CCO)Cc1cc(Cl)c2c(c1)OCO2.